The van der Waals surface area contributed by atoms with Crippen LogP contribution in [0, 0.1) is 11.3 Å². The Bertz CT molecular complexity index is 936. The second kappa shape index (κ2) is 10.6. The first kappa shape index (κ1) is 26.1. The lowest BCUT2D eigenvalue weighted by molar-refractivity contribution is -0.144. The van der Waals surface area contributed by atoms with Crippen LogP contribution in [0.4, 0.5) is 13.2 Å². The van der Waals surface area contributed by atoms with Crippen LogP contribution in [0.5, 0.6) is 0 Å². The van der Waals surface area contributed by atoms with E-state index in [1.807, 2.05) is 11.0 Å². The van der Waals surface area contributed by atoms with Gasteiger partial charge in [0.2, 0.25) is 5.91 Å². The lowest BCUT2D eigenvalue weighted by Gasteiger charge is -2.39. The highest BCUT2D eigenvalue weighted by Gasteiger charge is 2.50. The summed E-state index contributed by atoms with van der Waals surface area (Å²) in [5.41, 5.74) is 0.0918. The first-order chi connectivity index (χ1) is 16.6. The van der Waals surface area contributed by atoms with Crippen LogP contribution >= 0.6 is 0 Å². The summed E-state index contributed by atoms with van der Waals surface area (Å²) in [4.78, 5) is 19.5. The number of hydrogen-bond donors (Lipinski definition) is 1. The predicted molar refractivity (Wildman–Crippen MR) is 126 cm³/mol. The molecule has 2 aliphatic heterocycles. The van der Waals surface area contributed by atoms with Gasteiger partial charge in [0.25, 0.3) is 0 Å². The monoisotopic (exact) mass is 495 g/mol. The van der Waals surface area contributed by atoms with Crippen LogP contribution < -0.4 is 5.32 Å². The fourth-order valence-electron chi connectivity index (χ4n) is 5.82. The molecule has 0 bridgehead atoms. The molecule has 0 aromatic carbocycles. The normalized spacial score (nSPS) is 30.0. The van der Waals surface area contributed by atoms with E-state index < -0.39 is 17.2 Å². The average Bonchev–Trinajstić information content (AvgIpc) is 3.29. The summed E-state index contributed by atoms with van der Waals surface area (Å²) >= 11 is 0. The Morgan fingerprint density at radius 3 is 2.77 bits per heavy atom. The summed E-state index contributed by atoms with van der Waals surface area (Å²) < 4.78 is 50.4. The Labute approximate surface area is 205 Å². The minimum atomic E-state index is -4.43. The fourth-order valence-corrected chi connectivity index (χ4v) is 5.82. The molecule has 3 aliphatic rings. The van der Waals surface area contributed by atoms with Crippen LogP contribution in [0.15, 0.2) is 24.5 Å². The standard InChI is InChI=1S/C26H36F3N3O3/c1-17(2)25(8-4-21(13-25)31-22-7-11-35-16-23(22)34-3)24(33)32-9-5-18(6-10-32)19-12-20(15-30-14-19)26(27,28)29/h5,12,14-15,17,21-23,31H,4,6-11,13,16H2,1-3H3/t21-,22?,23?,25?/m1/s1. The molecule has 2 fully saturated rings. The lowest BCUT2D eigenvalue weighted by Crippen LogP contribution is -2.52. The van der Waals surface area contributed by atoms with E-state index in [2.05, 4.69) is 24.1 Å². The van der Waals surface area contributed by atoms with Crippen LogP contribution in [-0.4, -0.2) is 67.4 Å². The van der Waals surface area contributed by atoms with Crippen LogP contribution in [0.25, 0.3) is 5.57 Å². The number of carbonyl (C=O) groups is 1. The molecule has 3 unspecified atom stereocenters. The molecule has 3 heterocycles. The molecule has 194 valence electrons. The maximum Gasteiger partial charge on any atom is 0.417 e. The quantitative estimate of drug-likeness (QED) is 0.638. The van der Waals surface area contributed by atoms with E-state index in [9.17, 15) is 18.0 Å². The van der Waals surface area contributed by atoms with E-state index in [4.69, 9.17) is 9.47 Å². The Morgan fingerprint density at radius 1 is 1.31 bits per heavy atom. The third kappa shape index (κ3) is 5.57. The van der Waals surface area contributed by atoms with Crippen LogP contribution in [-0.2, 0) is 20.4 Å². The minimum Gasteiger partial charge on any atom is -0.379 e. The van der Waals surface area contributed by atoms with E-state index >= 15 is 0 Å². The van der Waals surface area contributed by atoms with Crippen molar-refractivity contribution in [2.45, 2.75) is 70.3 Å². The van der Waals surface area contributed by atoms with Crippen molar-refractivity contribution < 1.29 is 27.4 Å². The second-order valence-electron chi connectivity index (χ2n) is 10.4. The highest BCUT2D eigenvalue weighted by molar-refractivity contribution is 5.84. The molecule has 1 saturated carbocycles. The van der Waals surface area contributed by atoms with Gasteiger partial charge in [-0.25, -0.2) is 0 Å². The van der Waals surface area contributed by atoms with Crippen molar-refractivity contribution in [3.05, 3.63) is 35.7 Å². The molecule has 1 amide bonds. The molecule has 0 radical (unpaired) electrons. The Balaban J connectivity index is 1.43. The maximum absolute atomic E-state index is 13.8. The number of hydrogen-bond acceptors (Lipinski definition) is 5. The van der Waals surface area contributed by atoms with Gasteiger partial charge in [-0.2, -0.15) is 13.2 Å². The van der Waals surface area contributed by atoms with E-state index in [0.29, 0.717) is 38.3 Å². The zero-order chi connectivity index (χ0) is 25.2. The number of amides is 1. The van der Waals surface area contributed by atoms with Crippen molar-refractivity contribution in [3.63, 3.8) is 0 Å². The fraction of sp³-hybridized carbons (Fsp3) is 0.692. The van der Waals surface area contributed by atoms with Crippen molar-refractivity contribution in [3.8, 4) is 0 Å². The number of nitrogens with zero attached hydrogens (tertiary/aromatic N) is 2. The summed E-state index contributed by atoms with van der Waals surface area (Å²) in [6, 6.07) is 1.61. The van der Waals surface area contributed by atoms with E-state index in [1.54, 1.807) is 7.11 Å². The topological polar surface area (TPSA) is 63.7 Å². The van der Waals surface area contributed by atoms with Gasteiger partial charge >= 0.3 is 6.18 Å². The molecular weight excluding hydrogens is 459 g/mol. The number of halogens is 3. The van der Waals surface area contributed by atoms with Gasteiger partial charge in [-0.1, -0.05) is 19.9 Å². The van der Waals surface area contributed by atoms with Gasteiger partial charge in [-0.15, -0.1) is 0 Å². The molecule has 1 aromatic rings. The molecule has 4 atom stereocenters. The third-order valence-electron chi connectivity index (χ3n) is 8.07. The SMILES string of the molecule is COC1COCCC1N[C@@H]1CCC(C(=O)N2CC=C(c3cncc(C(F)(F)F)c3)CC2)(C(C)C)C1. The summed E-state index contributed by atoms with van der Waals surface area (Å²) in [6.45, 7) is 6.43. The van der Waals surface area contributed by atoms with E-state index in [1.165, 1.54) is 6.20 Å². The molecular formula is C26H36F3N3O3. The summed E-state index contributed by atoms with van der Waals surface area (Å²) in [5, 5.41) is 3.75. The van der Waals surface area contributed by atoms with Gasteiger partial charge in [-0.05, 0) is 55.2 Å². The number of alkyl halides is 3. The van der Waals surface area contributed by atoms with E-state index in [-0.39, 0.29) is 30.0 Å². The summed E-state index contributed by atoms with van der Waals surface area (Å²) in [5.74, 6) is 0.345. The van der Waals surface area contributed by atoms with Crippen molar-refractivity contribution in [2.24, 2.45) is 11.3 Å². The second-order valence-corrected chi connectivity index (χ2v) is 10.4. The van der Waals surface area contributed by atoms with Crippen LogP contribution in [0.1, 0.15) is 57.1 Å². The van der Waals surface area contributed by atoms with Gasteiger partial charge in [0.1, 0.15) is 0 Å². The Hall–Kier alpha value is -1.97. The molecule has 9 heteroatoms. The average molecular weight is 496 g/mol. The number of methoxy groups -OCH3 is 1. The molecule has 1 saturated heterocycles. The predicted octanol–water partition coefficient (Wildman–Crippen LogP) is 4.30. The molecule has 4 rings (SSSR count). The van der Waals surface area contributed by atoms with Gasteiger partial charge < -0.3 is 19.7 Å². The number of aromatic nitrogens is 1. The largest absolute Gasteiger partial charge is 0.417 e. The first-order valence-corrected chi connectivity index (χ1v) is 12.5. The number of ether oxygens (including phenoxy) is 2. The summed E-state index contributed by atoms with van der Waals surface area (Å²) in [6.07, 6.45) is 3.72. The zero-order valence-electron chi connectivity index (χ0n) is 20.7. The van der Waals surface area contributed by atoms with Crippen molar-refractivity contribution in [2.75, 3.05) is 33.4 Å². The van der Waals surface area contributed by atoms with Crippen molar-refractivity contribution >= 4 is 11.5 Å². The lowest BCUT2D eigenvalue weighted by atomic mass is 9.74. The zero-order valence-corrected chi connectivity index (χ0v) is 20.7. The molecule has 0 spiro atoms. The van der Waals surface area contributed by atoms with Crippen LogP contribution in [0.2, 0.25) is 0 Å². The van der Waals surface area contributed by atoms with Gasteiger partial charge in [0.05, 0.1) is 23.7 Å². The minimum absolute atomic E-state index is 0.0180. The van der Waals surface area contributed by atoms with Gasteiger partial charge in [0, 0.05) is 51.3 Å². The molecule has 1 N–H and O–H groups in total. The highest BCUT2D eigenvalue weighted by atomic mass is 19.4. The van der Waals surface area contributed by atoms with Crippen LogP contribution in [0.3, 0.4) is 0 Å². The Kier molecular flexibility index (Phi) is 7.88. The molecule has 6 nitrogen and oxygen atoms in total. The van der Waals surface area contributed by atoms with Crippen molar-refractivity contribution in [1.82, 2.24) is 15.2 Å². The maximum atomic E-state index is 13.8. The molecule has 1 aromatic heterocycles. The van der Waals surface area contributed by atoms with Gasteiger partial charge in [0.15, 0.2) is 0 Å². The third-order valence-corrected chi connectivity index (χ3v) is 8.07. The number of carbonyl (C=O) groups excluding carboxylic acids is 1. The molecule has 35 heavy (non-hydrogen) atoms. The number of nitrogens with one attached hydrogen (secondary N) is 1. The summed E-state index contributed by atoms with van der Waals surface area (Å²) in [7, 11) is 1.71. The number of pyridine rings is 1. The highest BCUT2D eigenvalue weighted by Crippen LogP contribution is 2.46. The Morgan fingerprint density at radius 2 is 2.11 bits per heavy atom. The molecule has 1 aliphatic carbocycles. The van der Waals surface area contributed by atoms with E-state index in [0.717, 1.165) is 43.5 Å². The first-order valence-electron chi connectivity index (χ1n) is 12.5. The smallest absolute Gasteiger partial charge is 0.379 e. The van der Waals surface area contributed by atoms with Crippen molar-refractivity contribution in [1.29, 1.82) is 0 Å². The van der Waals surface area contributed by atoms with Gasteiger partial charge in [-0.3, -0.25) is 9.78 Å². The number of rotatable bonds is 6.